The van der Waals surface area contributed by atoms with Crippen LogP contribution in [-0.2, 0) is 6.42 Å². The van der Waals surface area contributed by atoms with Crippen LogP contribution >= 0.6 is 15.9 Å². The number of nitrogens with zero attached hydrogens (tertiary/aromatic N) is 1. The Kier molecular flexibility index (Phi) is 3.97. The van der Waals surface area contributed by atoms with E-state index in [1.54, 1.807) is 0 Å². The van der Waals surface area contributed by atoms with Crippen LogP contribution in [0.4, 0.5) is 0 Å². The van der Waals surface area contributed by atoms with E-state index in [2.05, 4.69) is 20.9 Å². The molecule has 0 unspecified atom stereocenters. The van der Waals surface area contributed by atoms with E-state index in [0.29, 0.717) is 18.7 Å². The summed E-state index contributed by atoms with van der Waals surface area (Å²) in [6, 6.07) is 7.98. The second-order valence-corrected chi connectivity index (χ2v) is 4.76. The molecule has 0 radical (unpaired) electrons. The highest BCUT2D eigenvalue weighted by molar-refractivity contribution is 9.10. The summed E-state index contributed by atoms with van der Waals surface area (Å²) in [6.45, 7) is 2.07. The first-order chi connectivity index (χ1) is 8.20. The van der Waals surface area contributed by atoms with Gasteiger partial charge in [0.1, 0.15) is 11.5 Å². The van der Waals surface area contributed by atoms with Crippen molar-refractivity contribution in [3.05, 3.63) is 40.4 Å². The molecule has 0 amide bonds. The number of aromatic nitrogens is 1. The third kappa shape index (κ3) is 2.96. The lowest BCUT2D eigenvalue weighted by atomic mass is 10.1. The van der Waals surface area contributed by atoms with Crippen LogP contribution in [0.3, 0.4) is 0 Å². The van der Waals surface area contributed by atoms with Crippen LogP contribution in [0.2, 0.25) is 0 Å². The fourth-order valence-electron chi connectivity index (χ4n) is 1.66. The Bertz CT molecular complexity index is 491. The van der Waals surface area contributed by atoms with Crippen LogP contribution in [-0.4, -0.2) is 16.7 Å². The van der Waals surface area contributed by atoms with E-state index in [-0.39, 0.29) is 6.61 Å². The highest BCUT2D eigenvalue weighted by Crippen LogP contribution is 2.25. The number of aliphatic hydroxyl groups is 1. The van der Waals surface area contributed by atoms with E-state index in [4.69, 9.17) is 9.52 Å². The predicted molar refractivity (Wildman–Crippen MR) is 69.8 cm³/mol. The van der Waals surface area contributed by atoms with Gasteiger partial charge in [-0.2, -0.15) is 0 Å². The third-order valence-corrected chi connectivity index (χ3v) is 3.04. The van der Waals surface area contributed by atoms with Crippen LogP contribution in [0, 0.1) is 6.92 Å². The topological polar surface area (TPSA) is 46.3 Å². The first kappa shape index (κ1) is 12.3. The molecule has 4 heteroatoms. The largest absolute Gasteiger partial charge is 0.445 e. The van der Waals surface area contributed by atoms with Gasteiger partial charge in [-0.25, -0.2) is 4.98 Å². The van der Waals surface area contributed by atoms with Gasteiger partial charge in [0.05, 0.1) is 0 Å². The molecule has 90 valence electrons. The molecule has 0 spiro atoms. The Morgan fingerprint density at radius 3 is 2.65 bits per heavy atom. The van der Waals surface area contributed by atoms with Gasteiger partial charge in [0, 0.05) is 23.1 Å². The molecule has 0 aliphatic rings. The zero-order chi connectivity index (χ0) is 12.3. The Hall–Kier alpha value is -1.13. The highest BCUT2D eigenvalue weighted by Gasteiger charge is 2.10. The minimum absolute atomic E-state index is 0.162. The van der Waals surface area contributed by atoms with Gasteiger partial charge in [-0.3, -0.25) is 0 Å². The van der Waals surface area contributed by atoms with Crippen LogP contribution in [0.1, 0.15) is 18.1 Å². The molecule has 0 fully saturated rings. The van der Waals surface area contributed by atoms with Crippen LogP contribution in [0.5, 0.6) is 0 Å². The van der Waals surface area contributed by atoms with Gasteiger partial charge in [0.15, 0.2) is 5.89 Å². The van der Waals surface area contributed by atoms with Gasteiger partial charge in [-0.1, -0.05) is 28.1 Å². The Labute approximate surface area is 109 Å². The fourth-order valence-corrected chi connectivity index (χ4v) is 1.93. The number of halogens is 1. The predicted octanol–water partition coefficient (Wildman–Crippen LogP) is 3.34. The minimum Gasteiger partial charge on any atom is -0.445 e. The summed E-state index contributed by atoms with van der Waals surface area (Å²) < 4.78 is 6.61. The van der Waals surface area contributed by atoms with Crippen LogP contribution in [0.15, 0.2) is 33.2 Å². The molecule has 1 aromatic heterocycles. The Morgan fingerprint density at radius 2 is 2.00 bits per heavy atom. The monoisotopic (exact) mass is 295 g/mol. The zero-order valence-corrected chi connectivity index (χ0v) is 11.2. The zero-order valence-electron chi connectivity index (χ0n) is 9.61. The molecular weight excluding hydrogens is 282 g/mol. The molecule has 1 N–H and O–H groups in total. The SMILES string of the molecule is Cc1oc(CCCO)nc1-c1ccc(Br)cc1. The summed E-state index contributed by atoms with van der Waals surface area (Å²) in [5.41, 5.74) is 1.93. The summed E-state index contributed by atoms with van der Waals surface area (Å²) in [7, 11) is 0. The van der Waals surface area contributed by atoms with Crippen molar-refractivity contribution >= 4 is 15.9 Å². The second-order valence-electron chi connectivity index (χ2n) is 3.85. The van der Waals surface area contributed by atoms with Crippen molar-refractivity contribution in [2.75, 3.05) is 6.61 Å². The molecule has 3 nitrogen and oxygen atoms in total. The number of hydrogen-bond donors (Lipinski definition) is 1. The molecule has 0 saturated carbocycles. The Balaban J connectivity index is 2.26. The number of hydrogen-bond acceptors (Lipinski definition) is 3. The highest BCUT2D eigenvalue weighted by atomic mass is 79.9. The molecule has 17 heavy (non-hydrogen) atoms. The lowest BCUT2D eigenvalue weighted by molar-refractivity contribution is 0.282. The quantitative estimate of drug-likeness (QED) is 0.941. The third-order valence-electron chi connectivity index (χ3n) is 2.51. The maximum absolute atomic E-state index is 8.78. The van der Waals surface area contributed by atoms with Gasteiger partial charge in [0.2, 0.25) is 0 Å². The van der Waals surface area contributed by atoms with Gasteiger partial charge < -0.3 is 9.52 Å². The Morgan fingerprint density at radius 1 is 1.29 bits per heavy atom. The van der Waals surface area contributed by atoms with Gasteiger partial charge in [-0.05, 0) is 25.5 Å². The molecule has 0 atom stereocenters. The van der Waals surface area contributed by atoms with Gasteiger partial charge in [-0.15, -0.1) is 0 Å². The molecule has 0 aliphatic heterocycles. The molecule has 1 heterocycles. The minimum atomic E-state index is 0.162. The maximum atomic E-state index is 8.78. The molecule has 1 aromatic carbocycles. The van der Waals surface area contributed by atoms with E-state index < -0.39 is 0 Å². The summed E-state index contributed by atoms with van der Waals surface area (Å²) >= 11 is 3.40. The van der Waals surface area contributed by atoms with E-state index in [9.17, 15) is 0 Å². The van der Waals surface area contributed by atoms with Crippen molar-refractivity contribution in [2.45, 2.75) is 19.8 Å². The van der Waals surface area contributed by atoms with Crippen molar-refractivity contribution in [3.8, 4) is 11.3 Å². The van der Waals surface area contributed by atoms with Crippen molar-refractivity contribution in [2.24, 2.45) is 0 Å². The molecule has 2 aromatic rings. The van der Waals surface area contributed by atoms with Crippen molar-refractivity contribution in [3.63, 3.8) is 0 Å². The number of oxazole rings is 1. The molecule has 0 saturated heterocycles. The van der Waals surface area contributed by atoms with Crippen LogP contribution in [0.25, 0.3) is 11.3 Å². The summed E-state index contributed by atoms with van der Waals surface area (Å²) in [4.78, 5) is 4.45. The lowest BCUT2D eigenvalue weighted by Crippen LogP contribution is -1.89. The summed E-state index contributed by atoms with van der Waals surface area (Å²) in [6.07, 6.45) is 1.35. The molecule has 0 aliphatic carbocycles. The van der Waals surface area contributed by atoms with E-state index in [1.807, 2.05) is 31.2 Å². The average molecular weight is 296 g/mol. The van der Waals surface area contributed by atoms with E-state index >= 15 is 0 Å². The van der Waals surface area contributed by atoms with Gasteiger partial charge in [0.25, 0.3) is 0 Å². The van der Waals surface area contributed by atoms with E-state index in [1.165, 1.54) is 0 Å². The lowest BCUT2D eigenvalue weighted by Gasteiger charge is -1.97. The molecule has 2 rings (SSSR count). The number of benzene rings is 1. The first-order valence-electron chi connectivity index (χ1n) is 5.54. The average Bonchev–Trinajstić information content (AvgIpc) is 2.69. The molecule has 0 bridgehead atoms. The number of aryl methyl sites for hydroxylation is 2. The number of rotatable bonds is 4. The standard InChI is InChI=1S/C13H14BrNO2/c1-9-13(10-4-6-11(14)7-5-10)15-12(17-9)3-2-8-16/h4-7,16H,2-3,8H2,1H3. The van der Waals surface area contributed by atoms with Crippen molar-refractivity contribution in [1.82, 2.24) is 4.98 Å². The van der Waals surface area contributed by atoms with Crippen molar-refractivity contribution in [1.29, 1.82) is 0 Å². The first-order valence-corrected chi connectivity index (χ1v) is 6.33. The van der Waals surface area contributed by atoms with Gasteiger partial charge >= 0.3 is 0 Å². The van der Waals surface area contributed by atoms with E-state index in [0.717, 1.165) is 21.5 Å². The van der Waals surface area contributed by atoms with Crippen LogP contribution < -0.4 is 0 Å². The fraction of sp³-hybridized carbons (Fsp3) is 0.308. The number of aliphatic hydroxyl groups excluding tert-OH is 1. The smallest absolute Gasteiger partial charge is 0.195 e. The molecular formula is C13H14BrNO2. The summed E-state index contributed by atoms with van der Waals surface area (Å²) in [5, 5.41) is 8.78. The second kappa shape index (κ2) is 5.47. The normalized spacial score (nSPS) is 10.8. The maximum Gasteiger partial charge on any atom is 0.195 e. The summed E-state index contributed by atoms with van der Waals surface area (Å²) in [5.74, 6) is 1.51. The van der Waals surface area contributed by atoms with Crippen molar-refractivity contribution < 1.29 is 9.52 Å².